The number of pyridine rings is 1. The van der Waals surface area contributed by atoms with Crippen molar-refractivity contribution in [2.75, 3.05) is 19.3 Å². The lowest BCUT2D eigenvalue weighted by atomic mass is 9.94. The zero-order chi connectivity index (χ0) is 19.6. The third kappa shape index (κ3) is 4.59. The molecule has 146 valence electrons. The van der Waals surface area contributed by atoms with Crippen molar-refractivity contribution < 1.29 is 8.42 Å². The standard InChI is InChI=1S/C19H25ClN4O2S/c1-4-7-24-14(2)16(10-22-24)13-23-8-5-6-15(12-23)19-18(27(3,25)26)9-17(20)11-21-19/h4,9-11,15H,1,5-8,12-13H2,2-3H3. The van der Waals surface area contributed by atoms with Crippen molar-refractivity contribution in [1.82, 2.24) is 19.7 Å². The van der Waals surface area contributed by atoms with Crippen LogP contribution < -0.4 is 0 Å². The van der Waals surface area contributed by atoms with Crippen LogP contribution in [0.25, 0.3) is 0 Å². The van der Waals surface area contributed by atoms with Gasteiger partial charge in [0, 0.05) is 42.7 Å². The van der Waals surface area contributed by atoms with E-state index < -0.39 is 9.84 Å². The van der Waals surface area contributed by atoms with Crippen LogP contribution in [0.3, 0.4) is 0 Å². The van der Waals surface area contributed by atoms with Gasteiger partial charge in [-0.15, -0.1) is 6.58 Å². The Kier molecular flexibility index (Phi) is 6.03. The summed E-state index contributed by atoms with van der Waals surface area (Å²) in [6.07, 6.45) is 8.40. The summed E-state index contributed by atoms with van der Waals surface area (Å²) in [5, 5.41) is 4.76. The summed E-state index contributed by atoms with van der Waals surface area (Å²) in [7, 11) is -3.38. The summed E-state index contributed by atoms with van der Waals surface area (Å²) >= 11 is 5.99. The zero-order valence-electron chi connectivity index (χ0n) is 15.7. The molecule has 0 radical (unpaired) electrons. The molecule has 0 bridgehead atoms. The molecule has 3 heterocycles. The summed E-state index contributed by atoms with van der Waals surface area (Å²) in [5.41, 5.74) is 2.95. The van der Waals surface area contributed by atoms with E-state index in [1.54, 1.807) is 0 Å². The van der Waals surface area contributed by atoms with Crippen LogP contribution in [0.1, 0.15) is 35.7 Å². The molecule has 1 aliphatic rings. The largest absolute Gasteiger partial charge is 0.298 e. The second-order valence-electron chi connectivity index (χ2n) is 7.11. The molecule has 0 saturated carbocycles. The Balaban J connectivity index is 1.80. The zero-order valence-corrected chi connectivity index (χ0v) is 17.3. The molecule has 6 nitrogen and oxygen atoms in total. The molecule has 0 N–H and O–H groups in total. The molecule has 27 heavy (non-hydrogen) atoms. The van der Waals surface area contributed by atoms with Crippen LogP contribution in [0.15, 0.2) is 36.0 Å². The van der Waals surface area contributed by atoms with Gasteiger partial charge in [0.1, 0.15) is 0 Å². The maximum atomic E-state index is 12.2. The molecule has 0 spiro atoms. The first-order valence-corrected chi connectivity index (χ1v) is 11.3. The Morgan fingerprint density at radius 1 is 1.41 bits per heavy atom. The van der Waals surface area contributed by atoms with Crippen LogP contribution in [0.2, 0.25) is 5.02 Å². The SMILES string of the molecule is C=CCn1ncc(CN2CCCC(c3ncc(Cl)cc3S(C)(=O)=O)C2)c1C. The lowest BCUT2D eigenvalue weighted by Crippen LogP contribution is -2.34. The normalized spacial score (nSPS) is 18.6. The van der Waals surface area contributed by atoms with Crippen molar-refractivity contribution in [2.24, 2.45) is 0 Å². The number of allylic oxidation sites excluding steroid dienone is 1. The minimum atomic E-state index is -3.38. The second kappa shape index (κ2) is 8.12. The van der Waals surface area contributed by atoms with Crippen LogP contribution in [0, 0.1) is 6.92 Å². The molecule has 1 saturated heterocycles. The maximum Gasteiger partial charge on any atom is 0.177 e. The quantitative estimate of drug-likeness (QED) is 0.686. The molecule has 3 rings (SSSR count). The Bertz CT molecular complexity index is 939. The molecular weight excluding hydrogens is 384 g/mol. The van der Waals surface area contributed by atoms with E-state index in [9.17, 15) is 8.42 Å². The van der Waals surface area contributed by atoms with E-state index >= 15 is 0 Å². The van der Waals surface area contributed by atoms with Crippen LogP contribution in [0.5, 0.6) is 0 Å². The Hall–Kier alpha value is -1.70. The van der Waals surface area contributed by atoms with E-state index in [4.69, 9.17) is 11.6 Å². The molecule has 2 aromatic rings. The molecule has 1 atom stereocenters. The predicted molar refractivity (Wildman–Crippen MR) is 107 cm³/mol. The number of hydrogen-bond donors (Lipinski definition) is 0. The number of rotatable bonds is 6. The summed E-state index contributed by atoms with van der Waals surface area (Å²) in [6, 6.07) is 1.52. The fourth-order valence-corrected chi connectivity index (χ4v) is 4.81. The highest BCUT2D eigenvalue weighted by molar-refractivity contribution is 7.90. The number of sulfone groups is 1. The first-order chi connectivity index (χ1) is 12.8. The summed E-state index contributed by atoms with van der Waals surface area (Å²) in [4.78, 5) is 6.98. The number of likely N-dealkylation sites (tertiary alicyclic amines) is 1. The van der Waals surface area contributed by atoms with E-state index in [0.29, 0.717) is 17.3 Å². The van der Waals surface area contributed by atoms with Crippen molar-refractivity contribution in [1.29, 1.82) is 0 Å². The molecule has 1 fully saturated rings. The number of nitrogens with zero attached hydrogens (tertiary/aromatic N) is 4. The lowest BCUT2D eigenvalue weighted by molar-refractivity contribution is 0.197. The van der Waals surface area contributed by atoms with E-state index in [1.165, 1.54) is 24.1 Å². The van der Waals surface area contributed by atoms with E-state index in [2.05, 4.69) is 28.5 Å². The Labute approximate surface area is 165 Å². The van der Waals surface area contributed by atoms with Crippen molar-refractivity contribution >= 4 is 21.4 Å². The van der Waals surface area contributed by atoms with Crippen molar-refractivity contribution in [3.8, 4) is 0 Å². The molecule has 1 unspecified atom stereocenters. The van der Waals surface area contributed by atoms with Crippen LogP contribution in [-0.4, -0.2) is 47.4 Å². The van der Waals surface area contributed by atoms with Crippen molar-refractivity contribution in [2.45, 2.75) is 43.7 Å². The van der Waals surface area contributed by atoms with Gasteiger partial charge in [-0.05, 0) is 32.4 Å². The first kappa shape index (κ1) is 20.0. The molecular formula is C19H25ClN4O2S. The molecule has 1 aliphatic heterocycles. The van der Waals surface area contributed by atoms with Gasteiger partial charge in [0.15, 0.2) is 9.84 Å². The van der Waals surface area contributed by atoms with Gasteiger partial charge in [-0.25, -0.2) is 8.42 Å². The third-order valence-electron chi connectivity index (χ3n) is 5.04. The van der Waals surface area contributed by atoms with E-state index in [-0.39, 0.29) is 10.8 Å². The highest BCUT2D eigenvalue weighted by Gasteiger charge is 2.28. The van der Waals surface area contributed by atoms with Crippen LogP contribution in [-0.2, 0) is 22.9 Å². The van der Waals surface area contributed by atoms with Gasteiger partial charge in [0.05, 0.1) is 28.4 Å². The molecule has 0 aliphatic carbocycles. The topological polar surface area (TPSA) is 68.1 Å². The Morgan fingerprint density at radius 2 is 2.19 bits per heavy atom. The van der Waals surface area contributed by atoms with Gasteiger partial charge in [-0.3, -0.25) is 14.6 Å². The van der Waals surface area contributed by atoms with Gasteiger partial charge in [-0.1, -0.05) is 17.7 Å². The molecule has 8 heteroatoms. The Morgan fingerprint density at radius 3 is 2.89 bits per heavy atom. The monoisotopic (exact) mass is 408 g/mol. The smallest absolute Gasteiger partial charge is 0.177 e. The fraction of sp³-hybridized carbons (Fsp3) is 0.474. The predicted octanol–water partition coefficient (Wildman–Crippen LogP) is 3.21. The highest BCUT2D eigenvalue weighted by Crippen LogP contribution is 2.32. The number of hydrogen-bond acceptors (Lipinski definition) is 5. The maximum absolute atomic E-state index is 12.2. The molecule has 0 amide bonds. The summed E-state index contributed by atoms with van der Waals surface area (Å²) in [5.74, 6) is 0.0734. The van der Waals surface area contributed by atoms with Crippen LogP contribution in [0.4, 0.5) is 0 Å². The first-order valence-electron chi connectivity index (χ1n) is 8.99. The van der Waals surface area contributed by atoms with Crippen molar-refractivity contribution in [3.05, 3.63) is 53.1 Å². The molecule has 0 aromatic carbocycles. The minimum absolute atomic E-state index is 0.0734. The molecule has 2 aromatic heterocycles. The minimum Gasteiger partial charge on any atom is -0.298 e. The van der Waals surface area contributed by atoms with Gasteiger partial charge in [0.2, 0.25) is 0 Å². The van der Waals surface area contributed by atoms with Gasteiger partial charge in [0.25, 0.3) is 0 Å². The van der Waals surface area contributed by atoms with E-state index in [0.717, 1.165) is 38.2 Å². The average Bonchev–Trinajstić information content (AvgIpc) is 2.95. The summed E-state index contributed by atoms with van der Waals surface area (Å²) in [6.45, 7) is 9.06. The second-order valence-corrected chi connectivity index (χ2v) is 9.53. The summed E-state index contributed by atoms with van der Waals surface area (Å²) < 4.78 is 26.3. The third-order valence-corrected chi connectivity index (χ3v) is 6.37. The van der Waals surface area contributed by atoms with Crippen molar-refractivity contribution in [3.63, 3.8) is 0 Å². The average molecular weight is 409 g/mol. The van der Waals surface area contributed by atoms with Gasteiger partial charge < -0.3 is 0 Å². The number of aromatic nitrogens is 3. The number of halogens is 1. The highest BCUT2D eigenvalue weighted by atomic mass is 35.5. The van der Waals surface area contributed by atoms with Crippen LogP contribution >= 0.6 is 11.6 Å². The lowest BCUT2D eigenvalue weighted by Gasteiger charge is -2.33. The van der Waals surface area contributed by atoms with Gasteiger partial charge in [-0.2, -0.15) is 5.10 Å². The number of piperidine rings is 1. The van der Waals surface area contributed by atoms with Gasteiger partial charge >= 0.3 is 0 Å². The van der Waals surface area contributed by atoms with E-state index in [1.807, 2.05) is 17.0 Å². The fourth-order valence-electron chi connectivity index (χ4n) is 3.64.